The van der Waals surface area contributed by atoms with Crippen molar-refractivity contribution in [1.29, 1.82) is 0 Å². The van der Waals surface area contributed by atoms with Gasteiger partial charge in [-0.05, 0) is 42.7 Å². The monoisotopic (exact) mass is 450 g/mol. The fraction of sp³-hybridized carbons (Fsp3) is 0.292. The summed E-state index contributed by atoms with van der Waals surface area (Å²) in [5.41, 5.74) is 2.73. The number of aromatic amines is 1. The first-order valence-electron chi connectivity index (χ1n) is 10.8. The van der Waals surface area contributed by atoms with Gasteiger partial charge in [0.1, 0.15) is 0 Å². The minimum Gasteiger partial charge on any atom is -0.502 e. The highest BCUT2D eigenvalue weighted by Gasteiger charge is 2.21. The van der Waals surface area contributed by atoms with Gasteiger partial charge in [0.05, 0.1) is 5.56 Å². The van der Waals surface area contributed by atoms with Crippen LogP contribution >= 0.6 is 0 Å². The van der Waals surface area contributed by atoms with E-state index in [2.05, 4.69) is 15.2 Å². The van der Waals surface area contributed by atoms with Gasteiger partial charge in [0.2, 0.25) is 0 Å². The summed E-state index contributed by atoms with van der Waals surface area (Å²) < 4.78 is 0. The Labute approximate surface area is 190 Å². The van der Waals surface area contributed by atoms with Gasteiger partial charge < -0.3 is 30.3 Å². The van der Waals surface area contributed by atoms with E-state index in [0.29, 0.717) is 50.0 Å². The molecule has 1 aromatic heterocycles. The minimum absolute atomic E-state index is 0.0289. The van der Waals surface area contributed by atoms with Crippen molar-refractivity contribution in [3.8, 4) is 5.75 Å². The number of piperazine rings is 1. The molecule has 2 amide bonds. The highest BCUT2D eigenvalue weighted by Crippen LogP contribution is 2.23. The van der Waals surface area contributed by atoms with Gasteiger partial charge in [-0.2, -0.15) is 0 Å². The fourth-order valence-electron chi connectivity index (χ4n) is 4.11. The van der Waals surface area contributed by atoms with Crippen molar-refractivity contribution in [2.75, 3.05) is 37.6 Å². The van der Waals surface area contributed by atoms with Crippen LogP contribution < -0.4 is 15.8 Å². The van der Waals surface area contributed by atoms with E-state index in [0.717, 1.165) is 16.8 Å². The Hall–Kier alpha value is -4.01. The van der Waals surface area contributed by atoms with Crippen LogP contribution in [-0.4, -0.2) is 64.8 Å². The molecule has 9 nitrogen and oxygen atoms in total. The summed E-state index contributed by atoms with van der Waals surface area (Å²) in [6.07, 6.45) is -0.330. The van der Waals surface area contributed by atoms with Crippen LogP contribution in [0.1, 0.15) is 21.5 Å². The molecule has 1 fully saturated rings. The molecule has 0 unspecified atom stereocenters. The number of benzene rings is 2. The summed E-state index contributed by atoms with van der Waals surface area (Å²) in [6.45, 7) is 4.38. The lowest BCUT2D eigenvalue weighted by molar-refractivity contribution is 0.0952. The lowest BCUT2D eigenvalue weighted by Crippen LogP contribution is -2.48. The molecule has 0 spiro atoms. The Balaban J connectivity index is 1.42. The fourth-order valence-corrected chi connectivity index (χ4v) is 4.11. The molecular weight excluding hydrogens is 424 g/mol. The molecule has 1 aliphatic rings. The molecule has 0 radical (unpaired) electrons. The zero-order chi connectivity index (χ0) is 23.5. The molecule has 0 saturated carbocycles. The van der Waals surface area contributed by atoms with Gasteiger partial charge in [-0.3, -0.25) is 9.59 Å². The average Bonchev–Trinajstić information content (AvgIpc) is 2.80. The Morgan fingerprint density at radius 1 is 1.09 bits per heavy atom. The summed E-state index contributed by atoms with van der Waals surface area (Å²) >= 11 is 0. The molecule has 0 aliphatic carbocycles. The van der Waals surface area contributed by atoms with E-state index in [1.54, 1.807) is 12.1 Å². The van der Waals surface area contributed by atoms with Crippen molar-refractivity contribution in [3.63, 3.8) is 0 Å². The van der Waals surface area contributed by atoms with Crippen molar-refractivity contribution >= 4 is 28.6 Å². The minimum atomic E-state index is -0.895. The smallest absolute Gasteiger partial charge is 0.407 e. The maximum Gasteiger partial charge on any atom is 0.407 e. The molecule has 3 aromatic rings. The highest BCUT2D eigenvalue weighted by molar-refractivity contribution is 6.08. The van der Waals surface area contributed by atoms with Gasteiger partial charge >= 0.3 is 6.09 Å². The molecule has 9 heteroatoms. The second kappa shape index (κ2) is 9.23. The lowest BCUT2D eigenvalue weighted by atomic mass is 10.1. The summed E-state index contributed by atoms with van der Waals surface area (Å²) in [6, 6.07) is 13.2. The molecule has 4 N–H and O–H groups in total. The van der Waals surface area contributed by atoms with Crippen molar-refractivity contribution < 1.29 is 19.8 Å². The first kappa shape index (κ1) is 22.2. The third kappa shape index (κ3) is 4.77. The van der Waals surface area contributed by atoms with Gasteiger partial charge in [-0.1, -0.05) is 24.3 Å². The number of hydrogen-bond acceptors (Lipinski definition) is 5. The van der Waals surface area contributed by atoms with Crippen LogP contribution in [0.4, 0.5) is 10.5 Å². The maximum absolute atomic E-state index is 12.8. The topological polar surface area (TPSA) is 126 Å². The zero-order valence-electron chi connectivity index (χ0n) is 18.3. The summed E-state index contributed by atoms with van der Waals surface area (Å²) in [5, 5.41) is 22.6. The second-order valence-electron chi connectivity index (χ2n) is 8.16. The summed E-state index contributed by atoms with van der Waals surface area (Å²) in [7, 11) is 0. The van der Waals surface area contributed by atoms with Crippen molar-refractivity contribution in [2.45, 2.75) is 13.3 Å². The summed E-state index contributed by atoms with van der Waals surface area (Å²) in [5.74, 6) is -1.10. The van der Waals surface area contributed by atoms with Crippen molar-refractivity contribution in [3.05, 3.63) is 69.5 Å². The first-order valence-corrected chi connectivity index (χ1v) is 10.8. The van der Waals surface area contributed by atoms with Crippen LogP contribution in [0.2, 0.25) is 0 Å². The average molecular weight is 450 g/mol. The van der Waals surface area contributed by atoms with Crippen LogP contribution in [0.3, 0.4) is 0 Å². The number of carbonyl (C=O) groups excluding carboxylic acids is 1. The van der Waals surface area contributed by atoms with Crippen LogP contribution in [0.5, 0.6) is 5.75 Å². The Morgan fingerprint density at radius 3 is 2.58 bits per heavy atom. The molecule has 2 heterocycles. The number of rotatable bonds is 5. The number of nitrogens with zero attached hydrogens (tertiary/aromatic N) is 2. The van der Waals surface area contributed by atoms with E-state index in [4.69, 9.17) is 5.11 Å². The molecule has 2 aromatic carbocycles. The Kier molecular flexibility index (Phi) is 6.21. The van der Waals surface area contributed by atoms with E-state index in [9.17, 15) is 19.5 Å². The Bertz CT molecular complexity index is 1260. The van der Waals surface area contributed by atoms with Gasteiger partial charge in [0.25, 0.3) is 11.5 Å². The van der Waals surface area contributed by atoms with Crippen LogP contribution in [0.25, 0.3) is 10.9 Å². The number of anilines is 1. The van der Waals surface area contributed by atoms with Crippen molar-refractivity contribution in [1.82, 2.24) is 15.2 Å². The van der Waals surface area contributed by atoms with Gasteiger partial charge in [-0.25, -0.2) is 4.79 Å². The molecule has 1 aliphatic heterocycles. The highest BCUT2D eigenvalue weighted by atomic mass is 16.4. The Morgan fingerprint density at radius 2 is 1.85 bits per heavy atom. The van der Waals surface area contributed by atoms with Crippen LogP contribution in [0, 0.1) is 6.92 Å². The maximum atomic E-state index is 12.8. The first-order chi connectivity index (χ1) is 15.8. The number of H-pyrrole nitrogens is 1. The molecule has 0 bridgehead atoms. The third-order valence-corrected chi connectivity index (χ3v) is 5.90. The summed E-state index contributed by atoms with van der Waals surface area (Å²) in [4.78, 5) is 42.1. The molecule has 33 heavy (non-hydrogen) atoms. The number of nitrogens with one attached hydrogen (secondary N) is 2. The van der Waals surface area contributed by atoms with Gasteiger partial charge in [0, 0.05) is 49.3 Å². The zero-order valence-corrected chi connectivity index (χ0v) is 18.3. The number of aryl methyl sites for hydroxylation is 1. The number of pyridine rings is 1. The van der Waals surface area contributed by atoms with E-state index in [1.165, 1.54) is 4.90 Å². The van der Waals surface area contributed by atoms with Gasteiger partial charge in [-0.15, -0.1) is 0 Å². The largest absolute Gasteiger partial charge is 0.502 e. The standard InChI is InChI=1S/C24H26N4O5/c1-15-5-6-18-19(13-15)26-23(31)21(29)20(18)22(30)25-8-7-16-3-2-4-17(14-16)27-9-11-28(12-10-27)24(32)33/h2-6,13-14,29H,7-12H2,1H3,(H,25,30)(H,26,31)(H,32,33). The number of carboxylic acid groups (broad SMARTS) is 1. The number of fused-ring (bicyclic) bond motifs is 1. The number of aromatic nitrogens is 1. The van der Waals surface area contributed by atoms with Crippen LogP contribution in [-0.2, 0) is 6.42 Å². The normalized spacial score (nSPS) is 13.8. The molecular formula is C24H26N4O5. The predicted molar refractivity (Wildman–Crippen MR) is 125 cm³/mol. The van der Waals surface area contributed by atoms with E-state index >= 15 is 0 Å². The predicted octanol–water partition coefficient (Wildman–Crippen LogP) is 2.31. The van der Waals surface area contributed by atoms with E-state index < -0.39 is 23.3 Å². The third-order valence-electron chi connectivity index (χ3n) is 5.90. The quantitative estimate of drug-likeness (QED) is 0.473. The van der Waals surface area contributed by atoms with Crippen LogP contribution in [0.15, 0.2) is 47.3 Å². The number of amides is 2. The lowest BCUT2D eigenvalue weighted by Gasteiger charge is -2.34. The molecule has 172 valence electrons. The number of hydrogen-bond donors (Lipinski definition) is 4. The number of carbonyl (C=O) groups is 2. The SMILES string of the molecule is Cc1ccc2c(C(=O)NCCc3cccc(N4CCN(C(=O)O)CC4)c3)c(O)c(=O)[nH]c2c1. The molecule has 4 rings (SSSR count). The van der Waals surface area contributed by atoms with Gasteiger partial charge in [0.15, 0.2) is 5.75 Å². The molecule has 0 atom stereocenters. The second-order valence-corrected chi connectivity index (χ2v) is 8.16. The molecule has 1 saturated heterocycles. The van der Waals surface area contributed by atoms with E-state index in [1.807, 2.05) is 37.3 Å². The van der Waals surface area contributed by atoms with Crippen molar-refractivity contribution in [2.24, 2.45) is 0 Å². The number of aromatic hydroxyl groups is 1. The van der Waals surface area contributed by atoms with E-state index in [-0.39, 0.29) is 5.56 Å².